The number of fused-ring (bicyclic) bond motifs is 1. The molecular weight excluding hydrogens is 392 g/mol. The van der Waals surface area contributed by atoms with Crippen molar-refractivity contribution in [1.82, 2.24) is 20.2 Å². The highest BCUT2D eigenvalue weighted by Gasteiger charge is 2.16. The largest absolute Gasteiger partial charge is 0.339 e. The third kappa shape index (κ3) is 4.09. The first kappa shape index (κ1) is 18.3. The van der Waals surface area contributed by atoms with Crippen LogP contribution in [0.4, 0.5) is 11.5 Å². The number of aromatic nitrogens is 4. The van der Waals surface area contributed by atoms with E-state index in [0.29, 0.717) is 27.3 Å². The molecule has 138 valence electrons. The number of aromatic amines is 1. The number of benzene rings is 2. The van der Waals surface area contributed by atoms with Crippen LogP contribution in [-0.2, 0) is 12.2 Å². The molecule has 0 saturated heterocycles. The fraction of sp³-hybridized carbons (Fsp3) is 0.100. The Balaban J connectivity index is 1.69. The van der Waals surface area contributed by atoms with Gasteiger partial charge in [-0.15, -0.1) is 0 Å². The highest BCUT2D eigenvalue weighted by atomic mass is 35.5. The second kappa shape index (κ2) is 8.30. The molecule has 0 aliphatic rings. The average molecular weight is 407 g/mol. The van der Waals surface area contributed by atoms with E-state index in [1.54, 1.807) is 12.1 Å². The first-order chi connectivity index (χ1) is 13.7. The molecule has 0 fully saturated rings. The number of thioether (sulfide) groups is 1. The second-order valence-corrected chi connectivity index (χ2v) is 7.38. The van der Waals surface area contributed by atoms with E-state index in [-0.39, 0.29) is 6.42 Å². The second-order valence-electron chi connectivity index (χ2n) is 6.00. The minimum absolute atomic E-state index is 0.200. The van der Waals surface area contributed by atoms with Crippen LogP contribution in [0.5, 0.6) is 0 Å². The van der Waals surface area contributed by atoms with Crippen molar-refractivity contribution in [1.29, 1.82) is 5.26 Å². The molecule has 0 saturated carbocycles. The first-order valence-electron chi connectivity index (χ1n) is 8.54. The van der Waals surface area contributed by atoms with Crippen molar-refractivity contribution in [3.8, 4) is 6.07 Å². The summed E-state index contributed by atoms with van der Waals surface area (Å²) in [4.78, 5) is 9.24. The van der Waals surface area contributed by atoms with E-state index in [9.17, 15) is 0 Å². The molecule has 0 aliphatic carbocycles. The third-order valence-electron chi connectivity index (χ3n) is 4.04. The number of hydrogen-bond donors (Lipinski definition) is 2. The smallest absolute Gasteiger partial charge is 0.192 e. The van der Waals surface area contributed by atoms with Crippen LogP contribution in [0.15, 0.2) is 59.8 Å². The quantitative estimate of drug-likeness (QED) is 0.341. The van der Waals surface area contributed by atoms with Crippen LogP contribution in [-0.4, -0.2) is 20.2 Å². The van der Waals surface area contributed by atoms with Crippen LogP contribution in [0.25, 0.3) is 11.0 Å². The number of nitrogens with one attached hydrogen (secondary N) is 2. The monoisotopic (exact) mass is 406 g/mol. The molecule has 2 heterocycles. The van der Waals surface area contributed by atoms with E-state index < -0.39 is 0 Å². The van der Waals surface area contributed by atoms with Crippen LogP contribution in [0.3, 0.4) is 0 Å². The van der Waals surface area contributed by atoms with Gasteiger partial charge in [0.15, 0.2) is 10.8 Å². The average Bonchev–Trinajstić information content (AvgIpc) is 3.12. The van der Waals surface area contributed by atoms with Gasteiger partial charge >= 0.3 is 0 Å². The topological polar surface area (TPSA) is 90.3 Å². The van der Waals surface area contributed by atoms with Gasteiger partial charge in [-0.1, -0.05) is 53.7 Å². The van der Waals surface area contributed by atoms with Crippen molar-refractivity contribution in [3.05, 3.63) is 70.9 Å². The zero-order chi connectivity index (χ0) is 19.3. The fourth-order valence-corrected chi connectivity index (χ4v) is 3.64. The molecule has 2 aromatic heterocycles. The lowest BCUT2D eigenvalue weighted by atomic mass is 10.2. The van der Waals surface area contributed by atoms with Crippen molar-refractivity contribution in [2.75, 3.05) is 5.32 Å². The first-order valence-corrected chi connectivity index (χ1v) is 9.90. The summed E-state index contributed by atoms with van der Waals surface area (Å²) < 4.78 is 0. The Morgan fingerprint density at radius 2 is 1.86 bits per heavy atom. The Bertz CT molecular complexity index is 1140. The van der Waals surface area contributed by atoms with Gasteiger partial charge in [-0.05, 0) is 29.8 Å². The van der Waals surface area contributed by atoms with Gasteiger partial charge in [0.25, 0.3) is 0 Å². The Labute approximate surface area is 171 Å². The van der Waals surface area contributed by atoms with Gasteiger partial charge in [-0.3, -0.25) is 5.10 Å². The number of hydrogen-bond acceptors (Lipinski definition) is 6. The lowest BCUT2D eigenvalue weighted by Gasteiger charge is -2.09. The number of anilines is 2. The Kier molecular flexibility index (Phi) is 5.42. The third-order valence-corrected chi connectivity index (χ3v) is 5.21. The molecule has 8 heteroatoms. The van der Waals surface area contributed by atoms with Crippen LogP contribution in [0.1, 0.15) is 11.3 Å². The normalized spacial score (nSPS) is 10.7. The van der Waals surface area contributed by atoms with Crippen molar-refractivity contribution in [2.45, 2.75) is 17.3 Å². The summed E-state index contributed by atoms with van der Waals surface area (Å²) in [6, 6.07) is 19.6. The van der Waals surface area contributed by atoms with Crippen LogP contribution < -0.4 is 5.32 Å². The van der Waals surface area contributed by atoms with E-state index in [1.165, 1.54) is 17.3 Å². The minimum Gasteiger partial charge on any atom is -0.339 e. The molecule has 0 amide bonds. The number of H-pyrrole nitrogens is 1. The number of halogens is 1. The summed E-state index contributed by atoms with van der Waals surface area (Å²) in [6.07, 6.45) is 0.200. The molecule has 0 atom stereocenters. The van der Waals surface area contributed by atoms with Crippen LogP contribution >= 0.6 is 23.4 Å². The molecule has 2 aromatic carbocycles. The lowest BCUT2D eigenvalue weighted by molar-refractivity contribution is 0.978. The van der Waals surface area contributed by atoms with Crippen molar-refractivity contribution < 1.29 is 0 Å². The van der Waals surface area contributed by atoms with Gasteiger partial charge in [-0.25, -0.2) is 9.97 Å². The van der Waals surface area contributed by atoms with E-state index in [1.807, 2.05) is 30.3 Å². The van der Waals surface area contributed by atoms with Gasteiger partial charge in [-0.2, -0.15) is 10.4 Å². The van der Waals surface area contributed by atoms with Gasteiger partial charge in [0.1, 0.15) is 5.82 Å². The molecule has 4 aromatic rings. The molecular formula is C20H15ClN6S. The maximum atomic E-state index is 9.10. The predicted molar refractivity (Wildman–Crippen MR) is 112 cm³/mol. The SMILES string of the molecule is N#CCc1[nH]nc2nc(SCc3ccccc3)nc(Nc3ccc(Cl)cc3)c12. The molecule has 0 spiro atoms. The number of nitrogens with zero attached hydrogens (tertiary/aromatic N) is 4. The molecule has 0 radical (unpaired) electrons. The van der Waals surface area contributed by atoms with Crippen molar-refractivity contribution in [3.63, 3.8) is 0 Å². The Hall–Kier alpha value is -3.08. The standard InChI is InChI=1S/C20H15ClN6S/c21-14-6-8-15(9-7-14)23-18-17-16(10-11-22)26-27-19(17)25-20(24-18)28-12-13-4-2-1-3-5-13/h1-9H,10,12H2,(H2,23,24,25,26,27). The fourth-order valence-electron chi connectivity index (χ4n) is 2.72. The molecule has 0 aliphatic heterocycles. The maximum Gasteiger partial charge on any atom is 0.192 e. The summed E-state index contributed by atoms with van der Waals surface area (Å²) in [5, 5.41) is 21.6. The summed E-state index contributed by atoms with van der Waals surface area (Å²) in [5.41, 5.74) is 3.25. The summed E-state index contributed by atoms with van der Waals surface area (Å²) in [6.45, 7) is 0. The number of rotatable bonds is 6. The molecule has 6 nitrogen and oxygen atoms in total. The highest BCUT2D eigenvalue weighted by molar-refractivity contribution is 7.98. The van der Waals surface area contributed by atoms with Gasteiger partial charge in [0, 0.05) is 16.5 Å². The van der Waals surface area contributed by atoms with E-state index >= 15 is 0 Å². The predicted octanol–water partition coefficient (Wildman–Crippen LogP) is 5.11. The molecule has 4 rings (SSSR count). The van der Waals surface area contributed by atoms with Crippen LogP contribution in [0, 0.1) is 11.3 Å². The summed E-state index contributed by atoms with van der Waals surface area (Å²) in [7, 11) is 0. The van der Waals surface area contributed by atoms with E-state index in [2.05, 4.69) is 43.7 Å². The molecule has 0 bridgehead atoms. The number of nitriles is 1. The highest BCUT2D eigenvalue weighted by Crippen LogP contribution is 2.30. The summed E-state index contributed by atoms with van der Waals surface area (Å²) in [5.74, 6) is 1.37. The Morgan fingerprint density at radius 3 is 2.61 bits per heavy atom. The van der Waals surface area contributed by atoms with Gasteiger partial charge in [0.2, 0.25) is 0 Å². The van der Waals surface area contributed by atoms with E-state index in [4.69, 9.17) is 16.9 Å². The van der Waals surface area contributed by atoms with Gasteiger partial charge < -0.3 is 5.32 Å². The zero-order valence-electron chi connectivity index (χ0n) is 14.7. The minimum atomic E-state index is 0.200. The molecule has 28 heavy (non-hydrogen) atoms. The maximum absolute atomic E-state index is 9.10. The lowest BCUT2D eigenvalue weighted by Crippen LogP contribution is -1.99. The molecule has 2 N–H and O–H groups in total. The van der Waals surface area contributed by atoms with Crippen molar-refractivity contribution >= 4 is 45.9 Å². The van der Waals surface area contributed by atoms with Gasteiger partial charge in [0.05, 0.1) is 23.6 Å². The van der Waals surface area contributed by atoms with E-state index in [0.717, 1.165) is 16.8 Å². The van der Waals surface area contributed by atoms with Crippen LogP contribution in [0.2, 0.25) is 5.02 Å². The summed E-state index contributed by atoms with van der Waals surface area (Å²) >= 11 is 7.51. The zero-order valence-corrected chi connectivity index (χ0v) is 16.3. The molecule has 0 unspecified atom stereocenters. The Morgan fingerprint density at radius 1 is 1.07 bits per heavy atom. The van der Waals surface area contributed by atoms with Crippen molar-refractivity contribution in [2.24, 2.45) is 0 Å².